The van der Waals surface area contributed by atoms with Gasteiger partial charge in [0.05, 0.1) is 18.0 Å². The van der Waals surface area contributed by atoms with Crippen molar-refractivity contribution in [2.75, 3.05) is 12.9 Å². The summed E-state index contributed by atoms with van der Waals surface area (Å²) in [4.78, 5) is 24.8. The number of esters is 1. The van der Waals surface area contributed by atoms with Crippen LogP contribution >= 0.6 is 11.8 Å². The standard InChI is InChI=1S/C21H20N2O3S/c1-4-26-21(25)19-13-20(16-7-11-18(27-3)12-8-16)23(22-19)17-9-5-15(6-10-17)14(2)24/h5-13H,4H2,1-3H3. The zero-order valence-electron chi connectivity index (χ0n) is 15.4. The normalized spacial score (nSPS) is 10.6. The lowest BCUT2D eigenvalue weighted by Gasteiger charge is -2.08. The number of hydrogen-bond donors (Lipinski definition) is 0. The van der Waals surface area contributed by atoms with E-state index in [1.807, 2.05) is 42.7 Å². The van der Waals surface area contributed by atoms with Gasteiger partial charge in [0.25, 0.3) is 0 Å². The van der Waals surface area contributed by atoms with Crippen molar-refractivity contribution in [2.45, 2.75) is 18.7 Å². The molecule has 0 aliphatic carbocycles. The highest BCUT2D eigenvalue weighted by Crippen LogP contribution is 2.27. The molecule has 0 unspecified atom stereocenters. The minimum atomic E-state index is -0.460. The molecule has 6 heteroatoms. The maximum absolute atomic E-state index is 12.2. The summed E-state index contributed by atoms with van der Waals surface area (Å²) in [5, 5.41) is 4.44. The van der Waals surface area contributed by atoms with E-state index in [4.69, 9.17) is 4.74 Å². The Morgan fingerprint density at radius 3 is 2.30 bits per heavy atom. The van der Waals surface area contributed by atoms with E-state index in [1.54, 1.807) is 41.6 Å². The Morgan fingerprint density at radius 2 is 1.74 bits per heavy atom. The van der Waals surface area contributed by atoms with Crippen molar-refractivity contribution in [1.82, 2.24) is 9.78 Å². The zero-order valence-corrected chi connectivity index (χ0v) is 16.2. The smallest absolute Gasteiger partial charge is 0.358 e. The number of nitrogens with zero attached hydrogens (tertiary/aromatic N) is 2. The fraction of sp³-hybridized carbons (Fsp3) is 0.190. The van der Waals surface area contributed by atoms with Gasteiger partial charge in [-0.2, -0.15) is 5.10 Å². The Morgan fingerprint density at radius 1 is 1.07 bits per heavy atom. The van der Waals surface area contributed by atoms with Crippen LogP contribution in [0.5, 0.6) is 0 Å². The quantitative estimate of drug-likeness (QED) is 0.354. The monoisotopic (exact) mass is 380 g/mol. The number of ketones is 1. The second kappa shape index (κ2) is 8.22. The predicted octanol–water partition coefficient (Wildman–Crippen LogP) is 4.64. The summed E-state index contributed by atoms with van der Waals surface area (Å²) < 4.78 is 6.79. The van der Waals surface area contributed by atoms with Gasteiger partial charge in [-0.25, -0.2) is 9.48 Å². The van der Waals surface area contributed by atoms with Crippen LogP contribution in [0.25, 0.3) is 16.9 Å². The molecule has 1 heterocycles. The predicted molar refractivity (Wildman–Crippen MR) is 107 cm³/mol. The third-order valence-corrected chi connectivity index (χ3v) is 4.84. The number of thioether (sulfide) groups is 1. The molecule has 0 fully saturated rings. The molecule has 27 heavy (non-hydrogen) atoms. The number of carbonyl (C=O) groups is 2. The number of aromatic nitrogens is 2. The maximum Gasteiger partial charge on any atom is 0.358 e. The molecule has 0 spiro atoms. The van der Waals surface area contributed by atoms with Crippen molar-refractivity contribution < 1.29 is 14.3 Å². The molecular weight excluding hydrogens is 360 g/mol. The first-order valence-corrected chi connectivity index (χ1v) is 9.79. The maximum atomic E-state index is 12.2. The molecule has 0 atom stereocenters. The molecule has 2 aromatic carbocycles. The lowest BCUT2D eigenvalue weighted by Crippen LogP contribution is -2.07. The Bertz CT molecular complexity index is 960. The molecule has 138 valence electrons. The Balaban J connectivity index is 2.09. The van der Waals surface area contributed by atoms with Crippen LogP contribution in [0, 0.1) is 0 Å². The second-order valence-electron chi connectivity index (χ2n) is 5.88. The summed E-state index contributed by atoms with van der Waals surface area (Å²) >= 11 is 1.67. The van der Waals surface area contributed by atoms with Crippen LogP contribution in [-0.4, -0.2) is 34.4 Å². The number of hydrogen-bond acceptors (Lipinski definition) is 5. The van der Waals surface area contributed by atoms with Gasteiger partial charge in [0.15, 0.2) is 11.5 Å². The van der Waals surface area contributed by atoms with E-state index in [0.717, 1.165) is 21.8 Å². The number of ether oxygens (including phenoxy) is 1. The molecule has 0 saturated heterocycles. The van der Waals surface area contributed by atoms with Gasteiger partial charge in [-0.15, -0.1) is 11.8 Å². The van der Waals surface area contributed by atoms with Gasteiger partial charge in [-0.05, 0) is 62.6 Å². The Labute approximate surface area is 162 Å². The van der Waals surface area contributed by atoms with E-state index in [1.165, 1.54) is 6.92 Å². The average molecular weight is 380 g/mol. The molecule has 5 nitrogen and oxygen atoms in total. The largest absolute Gasteiger partial charge is 0.461 e. The minimum absolute atomic E-state index is 0.00195. The van der Waals surface area contributed by atoms with Crippen LogP contribution in [0.15, 0.2) is 59.5 Å². The van der Waals surface area contributed by atoms with Crippen molar-refractivity contribution in [2.24, 2.45) is 0 Å². The van der Waals surface area contributed by atoms with E-state index in [9.17, 15) is 9.59 Å². The van der Waals surface area contributed by atoms with Crippen LogP contribution < -0.4 is 0 Å². The van der Waals surface area contributed by atoms with Gasteiger partial charge in [-0.1, -0.05) is 12.1 Å². The SMILES string of the molecule is CCOC(=O)c1cc(-c2ccc(SC)cc2)n(-c2ccc(C(C)=O)cc2)n1. The number of rotatable bonds is 6. The van der Waals surface area contributed by atoms with Gasteiger partial charge in [0.2, 0.25) is 0 Å². The van der Waals surface area contributed by atoms with Gasteiger partial charge in [0, 0.05) is 16.0 Å². The fourth-order valence-corrected chi connectivity index (χ4v) is 3.10. The van der Waals surface area contributed by atoms with Gasteiger partial charge in [0.1, 0.15) is 0 Å². The Kier molecular flexibility index (Phi) is 5.76. The molecule has 0 bridgehead atoms. The van der Waals surface area contributed by atoms with Crippen molar-refractivity contribution in [3.05, 3.63) is 65.9 Å². The van der Waals surface area contributed by atoms with E-state index < -0.39 is 5.97 Å². The summed E-state index contributed by atoms with van der Waals surface area (Å²) in [7, 11) is 0. The molecule has 0 saturated carbocycles. The molecule has 0 N–H and O–H groups in total. The molecule has 3 rings (SSSR count). The van der Waals surface area contributed by atoms with E-state index >= 15 is 0 Å². The van der Waals surface area contributed by atoms with E-state index in [-0.39, 0.29) is 18.1 Å². The summed E-state index contributed by atoms with van der Waals surface area (Å²) in [5.74, 6) is -0.458. The van der Waals surface area contributed by atoms with Gasteiger partial charge in [-0.3, -0.25) is 4.79 Å². The average Bonchev–Trinajstić information content (AvgIpc) is 3.14. The first-order valence-electron chi connectivity index (χ1n) is 8.56. The molecule has 0 amide bonds. The van der Waals surface area contributed by atoms with Gasteiger partial charge < -0.3 is 4.74 Å². The lowest BCUT2D eigenvalue weighted by atomic mass is 10.1. The van der Waals surface area contributed by atoms with E-state index in [0.29, 0.717) is 5.56 Å². The highest BCUT2D eigenvalue weighted by molar-refractivity contribution is 7.98. The molecule has 0 aliphatic heterocycles. The molecule has 0 aliphatic rings. The number of benzene rings is 2. The van der Waals surface area contributed by atoms with Crippen LogP contribution in [0.2, 0.25) is 0 Å². The van der Waals surface area contributed by atoms with Crippen molar-refractivity contribution in [1.29, 1.82) is 0 Å². The summed E-state index contributed by atoms with van der Waals surface area (Å²) in [6.07, 6.45) is 2.02. The molecular formula is C21H20N2O3S. The van der Waals surface area contributed by atoms with Crippen LogP contribution in [-0.2, 0) is 4.74 Å². The van der Waals surface area contributed by atoms with E-state index in [2.05, 4.69) is 5.10 Å². The molecule has 0 radical (unpaired) electrons. The summed E-state index contributed by atoms with van der Waals surface area (Å²) in [6.45, 7) is 3.58. The second-order valence-corrected chi connectivity index (χ2v) is 6.76. The summed E-state index contributed by atoms with van der Waals surface area (Å²) in [6, 6.07) is 16.9. The van der Waals surface area contributed by atoms with Crippen molar-refractivity contribution >= 4 is 23.5 Å². The van der Waals surface area contributed by atoms with Crippen LogP contribution in [0.3, 0.4) is 0 Å². The fourth-order valence-electron chi connectivity index (χ4n) is 2.69. The Hall–Kier alpha value is -2.86. The third-order valence-electron chi connectivity index (χ3n) is 4.10. The third kappa shape index (κ3) is 4.11. The topological polar surface area (TPSA) is 61.2 Å². The number of Topliss-reactive ketones (excluding diaryl/α,β-unsaturated/α-hetero) is 1. The van der Waals surface area contributed by atoms with Crippen LogP contribution in [0.4, 0.5) is 0 Å². The highest BCUT2D eigenvalue weighted by atomic mass is 32.2. The molecule has 3 aromatic rings. The van der Waals surface area contributed by atoms with Crippen molar-refractivity contribution in [3.63, 3.8) is 0 Å². The first-order chi connectivity index (χ1) is 13.0. The zero-order chi connectivity index (χ0) is 19.4. The highest BCUT2D eigenvalue weighted by Gasteiger charge is 2.18. The van der Waals surface area contributed by atoms with Crippen molar-refractivity contribution in [3.8, 4) is 16.9 Å². The lowest BCUT2D eigenvalue weighted by molar-refractivity contribution is 0.0519. The summed E-state index contributed by atoms with van der Waals surface area (Å²) in [5.41, 5.74) is 3.35. The number of carbonyl (C=O) groups excluding carboxylic acids is 2. The van der Waals surface area contributed by atoms with Gasteiger partial charge >= 0.3 is 5.97 Å². The minimum Gasteiger partial charge on any atom is -0.461 e. The first kappa shape index (κ1) is 18.9. The molecule has 1 aromatic heterocycles. The van der Waals surface area contributed by atoms with Crippen LogP contribution in [0.1, 0.15) is 34.7 Å².